The molecule has 24 heavy (non-hydrogen) atoms. The SMILES string of the molecule is COc1ccc(C2=CNc3c(OCC4CC4)ccc(F)c3C2)cc1. The summed E-state index contributed by atoms with van der Waals surface area (Å²) in [6, 6.07) is 11.0. The Labute approximate surface area is 141 Å². The smallest absolute Gasteiger partial charge is 0.143 e. The van der Waals surface area contributed by atoms with Crippen LogP contribution in [0.15, 0.2) is 42.6 Å². The maximum Gasteiger partial charge on any atom is 0.143 e. The van der Waals surface area contributed by atoms with E-state index in [9.17, 15) is 4.39 Å². The first-order valence-electron chi connectivity index (χ1n) is 8.29. The summed E-state index contributed by atoms with van der Waals surface area (Å²) in [5, 5.41) is 3.24. The molecule has 0 atom stereocenters. The highest BCUT2D eigenvalue weighted by Gasteiger charge is 2.24. The van der Waals surface area contributed by atoms with Crippen molar-refractivity contribution in [3.05, 3.63) is 59.5 Å². The average Bonchev–Trinajstić information content (AvgIpc) is 3.45. The van der Waals surface area contributed by atoms with Gasteiger partial charge >= 0.3 is 0 Å². The van der Waals surface area contributed by atoms with Crippen molar-refractivity contribution in [3.63, 3.8) is 0 Å². The number of benzene rings is 2. The Balaban J connectivity index is 1.58. The average molecular weight is 325 g/mol. The second-order valence-electron chi connectivity index (χ2n) is 6.37. The Morgan fingerprint density at radius 1 is 1.12 bits per heavy atom. The van der Waals surface area contributed by atoms with Gasteiger partial charge in [0.05, 0.1) is 19.4 Å². The van der Waals surface area contributed by atoms with Crippen LogP contribution in [0.2, 0.25) is 0 Å². The number of ether oxygens (including phenoxy) is 2. The second-order valence-corrected chi connectivity index (χ2v) is 6.37. The highest BCUT2D eigenvalue weighted by Crippen LogP contribution is 2.39. The quantitative estimate of drug-likeness (QED) is 0.869. The molecule has 3 nitrogen and oxygen atoms in total. The predicted molar refractivity (Wildman–Crippen MR) is 92.9 cm³/mol. The van der Waals surface area contributed by atoms with Crippen molar-refractivity contribution in [1.82, 2.24) is 0 Å². The van der Waals surface area contributed by atoms with Gasteiger partial charge in [0.2, 0.25) is 0 Å². The largest absolute Gasteiger partial charge is 0.497 e. The van der Waals surface area contributed by atoms with Gasteiger partial charge in [-0.1, -0.05) is 12.1 Å². The van der Waals surface area contributed by atoms with Crippen molar-refractivity contribution >= 4 is 11.3 Å². The number of hydrogen-bond acceptors (Lipinski definition) is 3. The molecule has 0 aromatic heterocycles. The monoisotopic (exact) mass is 325 g/mol. The van der Waals surface area contributed by atoms with Crippen LogP contribution in [-0.4, -0.2) is 13.7 Å². The molecule has 0 saturated heterocycles. The fraction of sp³-hybridized carbons (Fsp3) is 0.300. The minimum absolute atomic E-state index is 0.199. The van der Waals surface area contributed by atoms with Crippen LogP contribution in [0.5, 0.6) is 11.5 Å². The number of methoxy groups -OCH3 is 1. The van der Waals surface area contributed by atoms with Gasteiger partial charge in [0.25, 0.3) is 0 Å². The Hall–Kier alpha value is -2.49. The number of halogens is 1. The number of nitrogens with one attached hydrogen (secondary N) is 1. The summed E-state index contributed by atoms with van der Waals surface area (Å²) in [7, 11) is 1.64. The highest BCUT2D eigenvalue weighted by atomic mass is 19.1. The summed E-state index contributed by atoms with van der Waals surface area (Å²) >= 11 is 0. The van der Waals surface area contributed by atoms with Crippen molar-refractivity contribution in [1.29, 1.82) is 0 Å². The topological polar surface area (TPSA) is 30.5 Å². The number of allylic oxidation sites excluding steroid dienone is 1. The van der Waals surface area contributed by atoms with Gasteiger partial charge in [-0.25, -0.2) is 4.39 Å². The van der Waals surface area contributed by atoms with Crippen LogP contribution in [0.4, 0.5) is 10.1 Å². The van der Waals surface area contributed by atoms with Gasteiger partial charge in [0.1, 0.15) is 17.3 Å². The molecule has 2 aliphatic rings. The summed E-state index contributed by atoms with van der Waals surface area (Å²) in [6.07, 6.45) is 4.95. The van der Waals surface area contributed by atoms with Crippen molar-refractivity contribution in [2.24, 2.45) is 5.92 Å². The van der Waals surface area contributed by atoms with E-state index in [1.165, 1.54) is 18.9 Å². The molecular formula is C20H20FNO2. The van der Waals surface area contributed by atoms with E-state index >= 15 is 0 Å². The number of fused-ring (bicyclic) bond motifs is 1. The molecule has 1 fully saturated rings. The van der Waals surface area contributed by atoms with Gasteiger partial charge < -0.3 is 14.8 Å². The molecule has 2 aromatic rings. The minimum atomic E-state index is -0.199. The molecule has 1 aliphatic carbocycles. The molecule has 1 aliphatic heterocycles. The second kappa shape index (κ2) is 6.19. The van der Waals surface area contributed by atoms with E-state index in [2.05, 4.69) is 5.32 Å². The summed E-state index contributed by atoms with van der Waals surface area (Å²) in [5.74, 6) is 2.02. The lowest BCUT2D eigenvalue weighted by molar-refractivity contribution is 0.300. The third kappa shape index (κ3) is 2.96. The van der Waals surface area contributed by atoms with Crippen LogP contribution in [0.1, 0.15) is 24.0 Å². The van der Waals surface area contributed by atoms with E-state index in [4.69, 9.17) is 9.47 Å². The van der Waals surface area contributed by atoms with Gasteiger partial charge in [0.15, 0.2) is 0 Å². The van der Waals surface area contributed by atoms with E-state index in [1.807, 2.05) is 30.5 Å². The molecule has 2 aromatic carbocycles. The molecular weight excluding hydrogens is 305 g/mol. The molecule has 0 radical (unpaired) electrons. The van der Waals surface area contributed by atoms with Crippen molar-refractivity contribution in [3.8, 4) is 11.5 Å². The lowest BCUT2D eigenvalue weighted by Crippen LogP contribution is -2.10. The summed E-state index contributed by atoms with van der Waals surface area (Å²) in [6.45, 7) is 0.717. The molecule has 0 bridgehead atoms. The van der Waals surface area contributed by atoms with Gasteiger partial charge in [-0.15, -0.1) is 0 Å². The normalized spacial score (nSPS) is 16.0. The van der Waals surface area contributed by atoms with Crippen molar-refractivity contribution < 1.29 is 13.9 Å². The van der Waals surface area contributed by atoms with Gasteiger partial charge in [0, 0.05) is 18.2 Å². The number of anilines is 1. The van der Waals surface area contributed by atoms with Crippen molar-refractivity contribution in [2.75, 3.05) is 19.0 Å². The van der Waals surface area contributed by atoms with Crippen LogP contribution in [0, 0.1) is 11.7 Å². The molecule has 124 valence electrons. The molecule has 0 amide bonds. The summed E-state index contributed by atoms with van der Waals surface area (Å²) < 4.78 is 25.4. The van der Waals surface area contributed by atoms with E-state index in [-0.39, 0.29) is 5.82 Å². The first-order valence-corrected chi connectivity index (χ1v) is 8.29. The Bertz CT molecular complexity index is 779. The van der Waals surface area contributed by atoms with Gasteiger partial charge in [-0.3, -0.25) is 0 Å². The van der Waals surface area contributed by atoms with Gasteiger partial charge in [-0.05, 0) is 54.2 Å². The molecule has 0 unspecified atom stereocenters. The van der Waals surface area contributed by atoms with E-state index in [0.717, 1.165) is 34.9 Å². The Kier molecular flexibility index (Phi) is 3.89. The zero-order valence-corrected chi connectivity index (χ0v) is 13.6. The Morgan fingerprint density at radius 3 is 2.62 bits per heavy atom. The first-order chi connectivity index (χ1) is 11.7. The lowest BCUT2D eigenvalue weighted by atomic mass is 9.94. The van der Waals surface area contributed by atoms with Crippen LogP contribution >= 0.6 is 0 Å². The standard InChI is InChI=1S/C20H20FNO2/c1-23-16-6-4-14(5-7-16)15-10-17-18(21)8-9-19(20(17)22-11-15)24-12-13-2-3-13/h4-9,11,13,22H,2-3,10,12H2,1H3. The van der Waals surface area contributed by atoms with Crippen LogP contribution in [-0.2, 0) is 6.42 Å². The lowest BCUT2D eigenvalue weighted by Gasteiger charge is -2.22. The maximum absolute atomic E-state index is 14.3. The van der Waals surface area contributed by atoms with Crippen LogP contribution in [0.25, 0.3) is 5.57 Å². The Morgan fingerprint density at radius 2 is 1.92 bits per heavy atom. The number of rotatable bonds is 5. The molecule has 4 heteroatoms. The van der Waals surface area contributed by atoms with E-state index in [1.54, 1.807) is 13.2 Å². The zero-order chi connectivity index (χ0) is 16.5. The third-order valence-electron chi connectivity index (χ3n) is 4.61. The summed E-state index contributed by atoms with van der Waals surface area (Å²) in [5.41, 5.74) is 3.52. The molecule has 0 spiro atoms. The molecule has 1 N–H and O–H groups in total. The van der Waals surface area contributed by atoms with Crippen LogP contribution < -0.4 is 14.8 Å². The predicted octanol–water partition coefficient (Wildman–Crippen LogP) is 4.63. The van der Waals surface area contributed by atoms with Gasteiger partial charge in [-0.2, -0.15) is 0 Å². The minimum Gasteiger partial charge on any atom is -0.497 e. The zero-order valence-electron chi connectivity index (χ0n) is 13.6. The van der Waals surface area contributed by atoms with E-state index in [0.29, 0.717) is 17.9 Å². The molecule has 1 saturated carbocycles. The molecule has 1 heterocycles. The summed E-state index contributed by atoms with van der Waals surface area (Å²) in [4.78, 5) is 0. The first kappa shape index (κ1) is 15.1. The van der Waals surface area contributed by atoms with E-state index < -0.39 is 0 Å². The number of hydrogen-bond donors (Lipinski definition) is 1. The highest BCUT2D eigenvalue weighted by molar-refractivity contribution is 5.79. The fourth-order valence-electron chi connectivity index (χ4n) is 2.94. The third-order valence-corrected chi connectivity index (χ3v) is 4.61. The maximum atomic E-state index is 14.3. The fourth-order valence-corrected chi connectivity index (χ4v) is 2.94. The van der Waals surface area contributed by atoms with Crippen molar-refractivity contribution in [2.45, 2.75) is 19.3 Å². The molecule has 4 rings (SSSR count). The van der Waals surface area contributed by atoms with Crippen LogP contribution in [0.3, 0.4) is 0 Å².